The van der Waals surface area contributed by atoms with Crippen molar-refractivity contribution >= 4 is 17.7 Å². The van der Waals surface area contributed by atoms with Crippen molar-refractivity contribution < 1.29 is 9.32 Å². The van der Waals surface area contributed by atoms with Gasteiger partial charge in [0.15, 0.2) is 5.82 Å². The topological polar surface area (TPSA) is 80.0 Å². The molecule has 2 rings (SSSR count). The molecule has 0 radical (unpaired) electrons. The smallest absolute Gasteiger partial charge is 0.238 e. The van der Waals surface area contributed by atoms with E-state index in [-0.39, 0.29) is 11.9 Å². The molecule has 0 saturated carbocycles. The molecule has 1 aliphatic rings. The van der Waals surface area contributed by atoms with E-state index in [1.807, 2.05) is 0 Å². The van der Waals surface area contributed by atoms with Gasteiger partial charge in [-0.3, -0.25) is 4.79 Å². The molecule has 1 aliphatic heterocycles. The number of carbonyl (C=O) groups is 1. The minimum Gasteiger partial charge on any atom is -0.347 e. The Bertz CT molecular complexity index is 362. The molecule has 16 heavy (non-hydrogen) atoms. The normalized spacial score (nSPS) is 20.7. The third-order valence-corrected chi connectivity index (χ3v) is 3.29. The second kappa shape index (κ2) is 5.31. The molecule has 0 aliphatic carbocycles. The molecular formula is C9H14N4O2S. The van der Waals surface area contributed by atoms with Crippen LogP contribution in [0.5, 0.6) is 0 Å². The third-order valence-electron chi connectivity index (χ3n) is 2.23. The lowest BCUT2D eigenvalue weighted by molar-refractivity contribution is -0.122. The Balaban J connectivity index is 1.78. The number of rotatable bonds is 3. The SMILES string of the molecule is Cc1nc(CNC(=O)C2CSCCN2)no1. The van der Waals surface area contributed by atoms with Crippen LogP contribution in [0.15, 0.2) is 4.52 Å². The standard InChI is InChI=1S/C9H14N4O2S/c1-6-12-8(13-15-6)4-11-9(14)7-5-16-3-2-10-7/h7,10H,2-5H2,1H3,(H,11,14). The van der Waals surface area contributed by atoms with Crippen molar-refractivity contribution in [1.82, 2.24) is 20.8 Å². The zero-order chi connectivity index (χ0) is 11.4. The summed E-state index contributed by atoms with van der Waals surface area (Å²) in [6, 6.07) is -0.105. The van der Waals surface area contributed by atoms with E-state index in [0.717, 1.165) is 18.1 Å². The number of nitrogens with zero attached hydrogens (tertiary/aromatic N) is 2. The van der Waals surface area contributed by atoms with Crippen molar-refractivity contribution in [3.8, 4) is 0 Å². The summed E-state index contributed by atoms with van der Waals surface area (Å²) >= 11 is 1.78. The van der Waals surface area contributed by atoms with Gasteiger partial charge in [0.2, 0.25) is 11.8 Å². The van der Waals surface area contributed by atoms with E-state index in [9.17, 15) is 4.79 Å². The van der Waals surface area contributed by atoms with Crippen LogP contribution in [-0.4, -0.2) is 40.1 Å². The summed E-state index contributed by atoms with van der Waals surface area (Å²) in [4.78, 5) is 15.7. The van der Waals surface area contributed by atoms with Gasteiger partial charge in [0.05, 0.1) is 12.6 Å². The maximum absolute atomic E-state index is 11.7. The van der Waals surface area contributed by atoms with Gasteiger partial charge in [-0.15, -0.1) is 0 Å². The highest BCUT2D eigenvalue weighted by molar-refractivity contribution is 7.99. The molecule has 0 bridgehead atoms. The first-order chi connectivity index (χ1) is 7.75. The lowest BCUT2D eigenvalue weighted by Crippen LogP contribution is -2.48. The number of thioether (sulfide) groups is 1. The predicted molar refractivity (Wildman–Crippen MR) is 60.0 cm³/mol. The number of hydrogen-bond donors (Lipinski definition) is 2. The van der Waals surface area contributed by atoms with Crippen molar-refractivity contribution in [2.24, 2.45) is 0 Å². The largest absolute Gasteiger partial charge is 0.347 e. The maximum atomic E-state index is 11.7. The van der Waals surface area contributed by atoms with Gasteiger partial charge >= 0.3 is 0 Å². The Morgan fingerprint density at radius 3 is 3.25 bits per heavy atom. The number of carbonyl (C=O) groups excluding carboxylic acids is 1. The second-order valence-corrected chi connectivity index (χ2v) is 4.68. The lowest BCUT2D eigenvalue weighted by Gasteiger charge is -2.21. The van der Waals surface area contributed by atoms with E-state index in [4.69, 9.17) is 4.52 Å². The molecule has 7 heteroatoms. The van der Waals surface area contributed by atoms with Crippen LogP contribution in [0.25, 0.3) is 0 Å². The van der Waals surface area contributed by atoms with Crippen molar-refractivity contribution in [3.63, 3.8) is 0 Å². The summed E-state index contributed by atoms with van der Waals surface area (Å²) in [6.45, 7) is 2.92. The summed E-state index contributed by atoms with van der Waals surface area (Å²) in [5.74, 6) is 2.89. The Morgan fingerprint density at radius 1 is 1.75 bits per heavy atom. The van der Waals surface area contributed by atoms with Gasteiger partial charge in [-0.1, -0.05) is 5.16 Å². The van der Waals surface area contributed by atoms with Crippen LogP contribution in [0, 0.1) is 6.92 Å². The predicted octanol–water partition coefficient (Wildman–Crippen LogP) is -0.301. The molecule has 1 aromatic rings. The Morgan fingerprint density at radius 2 is 2.62 bits per heavy atom. The summed E-state index contributed by atoms with van der Waals surface area (Å²) in [7, 11) is 0. The Labute approximate surface area is 97.5 Å². The van der Waals surface area contributed by atoms with Crippen molar-refractivity contribution in [2.75, 3.05) is 18.1 Å². The lowest BCUT2D eigenvalue weighted by atomic mass is 10.3. The monoisotopic (exact) mass is 242 g/mol. The van der Waals surface area contributed by atoms with Crippen LogP contribution >= 0.6 is 11.8 Å². The molecule has 1 fully saturated rings. The molecule has 88 valence electrons. The van der Waals surface area contributed by atoms with E-state index in [0.29, 0.717) is 18.3 Å². The number of hydrogen-bond acceptors (Lipinski definition) is 6. The minimum absolute atomic E-state index is 0.00495. The summed E-state index contributed by atoms with van der Waals surface area (Å²) in [5.41, 5.74) is 0. The number of aromatic nitrogens is 2. The van der Waals surface area contributed by atoms with Gasteiger partial charge in [0, 0.05) is 25.0 Å². The first kappa shape index (κ1) is 11.4. The molecule has 0 aromatic carbocycles. The zero-order valence-electron chi connectivity index (χ0n) is 9.02. The molecule has 0 spiro atoms. The van der Waals surface area contributed by atoms with Gasteiger partial charge < -0.3 is 15.2 Å². The molecule has 6 nitrogen and oxygen atoms in total. The Kier molecular flexibility index (Phi) is 3.79. The highest BCUT2D eigenvalue weighted by atomic mass is 32.2. The number of nitrogens with one attached hydrogen (secondary N) is 2. The van der Waals surface area contributed by atoms with Crippen LogP contribution < -0.4 is 10.6 Å². The second-order valence-electron chi connectivity index (χ2n) is 3.53. The quantitative estimate of drug-likeness (QED) is 0.757. The van der Waals surface area contributed by atoms with Gasteiger partial charge in [-0.2, -0.15) is 16.7 Å². The zero-order valence-corrected chi connectivity index (χ0v) is 9.84. The summed E-state index contributed by atoms with van der Waals surface area (Å²) in [6.07, 6.45) is 0. The summed E-state index contributed by atoms with van der Waals surface area (Å²) in [5, 5.41) is 9.65. The first-order valence-electron chi connectivity index (χ1n) is 5.14. The van der Waals surface area contributed by atoms with E-state index in [1.165, 1.54) is 0 Å². The third kappa shape index (κ3) is 2.96. The molecule has 2 heterocycles. The molecular weight excluding hydrogens is 228 g/mol. The number of amides is 1. The molecule has 1 amide bonds. The highest BCUT2D eigenvalue weighted by Gasteiger charge is 2.20. The van der Waals surface area contributed by atoms with E-state index in [2.05, 4.69) is 20.8 Å². The van der Waals surface area contributed by atoms with Gasteiger partial charge in [0.1, 0.15) is 0 Å². The van der Waals surface area contributed by atoms with E-state index >= 15 is 0 Å². The fourth-order valence-corrected chi connectivity index (χ4v) is 2.37. The average Bonchev–Trinajstić information content (AvgIpc) is 2.73. The molecule has 1 atom stereocenters. The molecule has 2 N–H and O–H groups in total. The van der Waals surface area contributed by atoms with Gasteiger partial charge in [-0.25, -0.2) is 0 Å². The van der Waals surface area contributed by atoms with Crippen LogP contribution in [-0.2, 0) is 11.3 Å². The fraction of sp³-hybridized carbons (Fsp3) is 0.667. The minimum atomic E-state index is -0.105. The fourth-order valence-electron chi connectivity index (χ4n) is 1.44. The maximum Gasteiger partial charge on any atom is 0.238 e. The van der Waals surface area contributed by atoms with Crippen LogP contribution in [0.2, 0.25) is 0 Å². The van der Waals surface area contributed by atoms with E-state index < -0.39 is 0 Å². The average molecular weight is 242 g/mol. The first-order valence-corrected chi connectivity index (χ1v) is 6.29. The van der Waals surface area contributed by atoms with Gasteiger partial charge in [-0.05, 0) is 0 Å². The van der Waals surface area contributed by atoms with Crippen molar-refractivity contribution in [1.29, 1.82) is 0 Å². The van der Waals surface area contributed by atoms with Crippen molar-refractivity contribution in [2.45, 2.75) is 19.5 Å². The van der Waals surface area contributed by atoms with E-state index in [1.54, 1.807) is 18.7 Å². The number of aryl methyl sites for hydroxylation is 1. The Hall–Kier alpha value is -1.08. The highest BCUT2D eigenvalue weighted by Crippen LogP contribution is 2.07. The van der Waals surface area contributed by atoms with Crippen LogP contribution in [0.4, 0.5) is 0 Å². The van der Waals surface area contributed by atoms with Crippen LogP contribution in [0.3, 0.4) is 0 Å². The molecule has 1 saturated heterocycles. The van der Waals surface area contributed by atoms with Crippen LogP contribution in [0.1, 0.15) is 11.7 Å². The molecule has 1 unspecified atom stereocenters. The summed E-state index contributed by atoms with van der Waals surface area (Å²) < 4.78 is 4.81. The van der Waals surface area contributed by atoms with Crippen molar-refractivity contribution in [3.05, 3.63) is 11.7 Å². The molecule has 1 aromatic heterocycles. The van der Waals surface area contributed by atoms with Gasteiger partial charge in [0.25, 0.3) is 0 Å².